The second-order valence-electron chi connectivity index (χ2n) is 6.00. The van der Waals surface area contributed by atoms with Gasteiger partial charge in [0, 0.05) is 11.5 Å². The summed E-state index contributed by atoms with van der Waals surface area (Å²) in [5.74, 6) is 1.07. The lowest BCUT2D eigenvalue weighted by Crippen LogP contribution is -2.26. The van der Waals surface area contributed by atoms with E-state index in [0.717, 1.165) is 18.4 Å². The number of halogens is 1. The number of rotatable bonds is 2. The number of ketones is 1. The molecule has 98 valence electrons. The van der Waals surface area contributed by atoms with E-state index in [2.05, 4.69) is 13.8 Å². The Bertz CT molecular complexity index is 422. The zero-order valence-electron chi connectivity index (χ0n) is 11.4. The Hall–Kier alpha value is -1.18. The van der Waals surface area contributed by atoms with Crippen LogP contribution in [0.5, 0.6) is 0 Å². The molecule has 0 aliphatic heterocycles. The summed E-state index contributed by atoms with van der Waals surface area (Å²) in [5, 5.41) is 0. The quantitative estimate of drug-likeness (QED) is 0.709. The second kappa shape index (κ2) is 5.21. The predicted molar refractivity (Wildman–Crippen MR) is 71.1 cm³/mol. The van der Waals surface area contributed by atoms with Crippen LogP contribution in [-0.4, -0.2) is 5.78 Å². The standard InChI is InChI=1S/C16H21FO/c1-10-4-11(2)6-13(5-10)16(18)14-7-12(3)8-15(17)9-14/h7-11,13H,4-6H2,1-3H3. The predicted octanol–water partition coefficient (Wildman–Crippen LogP) is 4.39. The molecule has 1 fully saturated rings. The summed E-state index contributed by atoms with van der Waals surface area (Å²) < 4.78 is 13.4. The molecule has 1 aliphatic carbocycles. The normalized spacial score (nSPS) is 28.1. The zero-order valence-corrected chi connectivity index (χ0v) is 11.4. The number of hydrogen-bond acceptors (Lipinski definition) is 1. The van der Waals surface area contributed by atoms with Crippen LogP contribution >= 0.6 is 0 Å². The van der Waals surface area contributed by atoms with E-state index in [-0.39, 0.29) is 17.5 Å². The monoisotopic (exact) mass is 248 g/mol. The van der Waals surface area contributed by atoms with E-state index in [1.165, 1.54) is 18.6 Å². The van der Waals surface area contributed by atoms with Gasteiger partial charge in [-0.15, -0.1) is 0 Å². The van der Waals surface area contributed by atoms with Crippen LogP contribution in [0.3, 0.4) is 0 Å². The molecule has 1 saturated carbocycles. The molecule has 0 saturated heterocycles. The lowest BCUT2D eigenvalue weighted by atomic mass is 9.74. The van der Waals surface area contributed by atoms with E-state index in [4.69, 9.17) is 0 Å². The Kier molecular flexibility index (Phi) is 3.84. The highest BCUT2D eigenvalue weighted by atomic mass is 19.1. The minimum Gasteiger partial charge on any atom is -0.294 e. The largest absolute Gasteiger partial charge is 0.294 e. The van der Waals surface area contributed by atoms with Crippen LogP contribution in [0.15, 0.2) is 18.2 Å². The molecule has 0 heterocycles. The van der Waals surface area contributed by atoms with Crippen LogP contribution in [0.2, 0.25) is 0 Å². The molecule has 1 aromatic rings. The van der Waals surface area contributed by atoms with E-state index >= 15 is 0 Å². The van der Waals surface area contributed by atoms with E-state index in [1.54, 1.807) is 6.07 Å². The third-order valence-electron chi connectivity index (χ3n) is 3.88. The van der Waals surface area contributed by atoms with Crippen LogP contribution in [0, 0.1) is 30.5 Å². The molecule has 2 heteroatoms. The second-order valence-corrected chi connectivity index (χ2v) is 6.00. The molecule has 1 nitrogen and oxygen atoms in total. The van der Waals surface area contributed by atoms with E-state index in [1.807, 2.05) is 6.92 Å². The van der Waals surface area contributed by atoms with Crippen molar-refractivity contribution >= 4 is 5.78 Å². The topological polar surface area (TPSA) is 17.1 Å². The van der Waals surface area contributed by atoms with Crippen LogP contribution in [0.1, 0.15) is 49.0 Å². The van der Waals surface area contributed by atoms with Gasteiger partial charge in [-0.1, -0.05) is 13.8 Å². The maximum Gasteiger partial charge on any atom is 0.166 e. The molecule has 0 radical (unpaired) electrons. The third kappa shape index (κ3) is 2.98. The van der Waals surface area contributed by atoms with Crippen molar-refractivity contribution in [2.75, 3.05) is 0 Å². The van der Waals surface area contributed by atoms with Gasteiger partial charge in [0.25, 0.3) is 0 Å². The zero-order chi connectivity index (χ0) is 13.3. The Morgan fingerprint density at radius 3 is 2.28 bits per heavy atom. The molecule has 0 amide bonds. The summed E-state index contributed by atoms with van der Waals surface area (Å²) in [4.78, 5) is 12.4. The Morgan fingerprint density at radius 1 is 1.11 bits per heavy atom. The molecule has 2 atom stereocenters. The summed E-state index contributed by atoms with van der Waals surface area (Å²) in [6.07, 6.45) is 3.09. The number of carbonyl (C=O) groups is 1. The minimum atomic E-state index is -0.310. The lowest BCUT2D eigenvalue weighted by Gasteiger charge is -2.30. The van der Waals surface area contributed by atoms with Gasteiger partial charge in [-0.2, -0.15) is 0 Å². The van der Waals surface area contributed by atoms with Crippen LogP contribution in [0.4, 0.5) is 4.39 Å². The third-order valence-corrected chi connectivity index (χ3v) is 3.88. The highest BCUT2D eigenvalue weighted by molar-refractivity contribution is 5.98. The average Bonchev–Trinajstić information content (AvgIpc) is 2.25. The van der Waals surface area contributed by atoms with Gasteiger partial charge in [0.2, 0.25) is 0 Å². The molecule has 2 unspecified atom stereocenters. The van der Waals surface area contributed by atoms with Gasteiger partial charge in [-0.3, -0.25) is 4.79 Å². The maximum atomic E-state index is 13.4. The first kappa shape index (κ1) is 13.3. The number of Topliss-reactive ketones (excluding diaryl/α,β-unsaturated/α-hetero) is 1. The fraction of sp³-hybridized carbons (Fsp3) is 0.562. The fourth-order valence-corrected chi connectivity index (χ4v) is 3.28. The molecular formula is C16H21FO. The Balaban J connectivity index is 2.20. The minimum absolute atomic E-state index is 0.0740. The molecule has 0 aromatic heterocycles. The maximum absolute atomic E-state index is 13.4. The molecule has 1 aliphatic rings. The Morgan fingerprint density at radius 2 is 1.72 bits per heavy atom. The first-order chi connectivity index (χ1) is 8.45. The summed E-state index contributed by atoms with van der Waals surface area (Å²) in [6, 6.07) is 4.64. The first-order valence-corrected chi connectivity index (χ1v) is 6.77. The van der Waals surface area contributed by atoms with Gasteiger partial charge < -0.3 is 0 Å². The van der Waals surface area contributed by atoms with Gasteiger partial charge >= 0.3 is 0 Å². The smallest absolute Gasteiger partial charge is 0.166 e. The first-order valence-electron chi connectivity index (χ1n) is 6.77. The molecule has 0 N–H and O–H groups in total. The number of carbonyl (C=O) groups excluding carboxylic acids is 1. The summed E-state index contributed by atoms with van der Waals surface area (Å²) in [5.41, 5.74) is 1.36. The van der Waals surface area contributed by atoms with E-state index in [0.29, 0.717) is 17.4 Å². The SMILES string of the molecule is Cc1cc(F)cc(C(=O)C2CC(C)CC(C)C2)c1. The van der Waals surface area contributed by atoms with Crippen molar-refractivity contribution in [3.63, 3.8) is 0 Å². The molecule has 0 bridgehead atoms. The highest BCUT2D eigenvalue weighted by Crippen LogP contribution is 2.34. The summed E-state index contributed by atoms with van der Waals surface area (Å²) >= 11 is 0. The van der Waals surface area contributed by atoms with Crippen LogP contribution in [-0.2, 0) is 0 Å². The van der Waals surface area contributed by atoms with Crippen LogP contribution < -0.4 is 0 Å². The van der Waals surface area contributed by atoms with Gasteiger partial charge in [0.1, 0.15) is 5.82 Å². The lowest BCUT2D eigenvalue weighted by molar-refractivity contribution is 0.0835. The summed E-state index contributed by atoms with van der Waals surface area (Å²) in [6.45, 7) is 6.23. The van der Waals surface area contributed by atoms with Crippen molar-refractivity contribution in [2.45, 2.75) is 40.0 Å². The average molecular weight is 248 g/mol. The summed E-state index contributed by atoms with van der Waals surface area (Å²) in [7, 11) is 0. The van der Waals surface area contributed by atoms with Crippen molar-refractivity contribution in [3.8, 4) is 0 Å². The molecule has 1 aromatic carbocycles. The Labute approximate surface area is 108 Å². The number of benzene rings is 1. The molecule has 2 rings (SSSR count). The van der Waals surface area contributed by atoms with Crippen molar-refractivity contribution in [3.05, 3.63) is 35.1 Å². The molecular weight excluding hydrogens is 227 g/mol. The van der Waals surface area contributed by atoms with Gasteiger partial charge in [-0.05, 0) is 61.8 Å². The van der Waals surface area contributed by atoms with Crippen molar-refractivity contribution in [1.29, 1.82) is 0 Å². The highest BCUT2D eigenvalue weighted by Gasteiger charge is 2.29. The number of hydrogen-bond donors (Lipinski definition) is 0. The fourth-order valence-electron chi connectivity index (χ4n) is 3.28. The van der Waals surface area contributed by atoms with Gasteiger partial charge in [0.15, 0.2) is 5.78 Å². The van der Waals surface area contributed by atoms with Gasteiger partial charge in [-0.25, -0.2) is 4.39 Å². The molecule has 0 spiro atoms. The number of aryl methyl sites for hydroxylation is 1. The van der Waals surface area contributed by atoms with Crippen molar-refractivity contribution in [2.24, 2.45) is 17.8 Å². The van der Waals surface area contributed by atoms with E-state index in [9.17, 15) is 9.18 Å². The van der Waals surface area contributed by atoms with Crippen LogP contribution in [0.25, 0.3) is 0 Å². The van der Waals surface area contributed by atoms with Gasteiger partial charge in [0.05, 0.1) is 0 Å². The van der Waals surface area contributed by atoms with Crippen molar-refractivity contribution < 1.29 is 9.18 Å². The molecule has 18 heavy (non-hydrogen) atoms. The van der Waals surface area contributed by atoms with Crippen molar-refractivity contribution in [1.82, 2.24) is 0 Å². The van der Waals surface area contributed by atoms with E-state index < -0.39 is 0 Å².